The van der Waals surface area contributed by atoms with Crippen LogP contribution in [-0.4, -0.2) is 18.4 Å². The van der Waals surface area contributed by atoms with Gasteiger partial charge in [-0.25, -0.2) is 0 Å². The number of esters is 1. The maximum Gasteiger partial charge on any atom is 0.302 e. The van der Waals surface area contributed by atoms with E-state index in [2.05, 4.69) is 30.8 Å². The third-order valence-corrected chi connectivity index (χ3v) is 9.59. The van der Waals surface area contributed by atoms with Crippen LogP contribution in [0.15, 0.2) is 16.9 Å². The molecule has 0 bridgehead atoms. The fourth-order valence-electron chi connectivity index (χ4n) is 8.19. The largest absolute Gasteiger partial charge is 0.466 e. The number of ketones is 1. The van der Waals surface area contributed by atoms with Crippen molar-refractivity contribution in [3.8, 4) is 0 Å². The number of azide groups is 1. The zero-order valence-corrected chi connectivity index (χ0v) is 18.8. The smallest absolute Gasteiger partial charge is 0.302 e. The molecule has 8 atom stereocenters. The zero-order chi connectivity index (χ0) is 21.7. The Kier molecular flexibility index (Phi) is 5.50. The fourth-order valence-corrected chi connectivity index (χ4v) is 8.19. The van der Waals surface area contributed by atoms with Gasteiger partial charge in [0.15, 0.2) is 5.78 Å². The third kappa shape index (κ3) is 3.28. The highest BCUT2D eigenvalue weighted by Gasteiger charge is 2.60. The molecule has 30 heavy (non-hydrogen) atoms. The summed E-state index contributed by atoms with van der Waals surface area (Å²) in [5.41, 5.74) is 9.48. The number of hydrogen-bond acceptors (Lipinski definition) is 4. The molecule has 0 aromatic carbocycles. The van der Waals surface area contributed by atoms with Gasteiger partial charge in [-0.1, -0.05) is 32.0 Å². The van der Waals surface area contributed by atoms with Crippen LogP contribution < -0.4 is 0 Å². The van der Waals surface area contributed by atoms with Gasteiger partial charge < -0.3 is 4.74 Å². The van der Waals surface area contributed by atoms with Gasteiger partial charge in [0.1, 0.15) is 0 Å². The summed E-state index contributed by atoms with van der Waals surface area (Å²) in [7, 11) is 0. The van der Waals surface area contributed by atoms with Crippen molar-refractivity contribution < 1.29 is 14.3 Å². The first kappa shape index (κ1) is 21.4. The Bertz CT molecular complexity index is 817. The number of fused-ring (bicyclic) bond motifs is 5. The van der Waals surface area contributed by atoms with E-state index in [1.807, 2.05) is 6.08 Å². The molecule has 3 fully saturated rings. The first-order valence-electron chi connectivity index (χ1n) is 11.6. The van der Waals surface area contributed by atoms with Gasteiger partial charge >= 0.3 is 5.97 Å². The molecule has 0 aliphatic heterocycles. The number of hydrogen-bond donors (Lipinski definition) is 0. The molecule has 1 unspecified atom stereocenters. The van der Waals surface area contributed by atoms with Crippen molar-refractivity contribution in [1.29, 1.82) is 0 Å². The van der Waals surface area contributed by atoms with Crippen LogP contribution in [0, 0.1) is 46.3 Å². The first-order chi connectivity index (χ1) is 14.2. The molecule has 0 saturated heterocycles. The molecule has 3 saturated carbocycles. The predicted octanol–water partition coefficient (Wildman–Crippen LogP) is 5.83. The van der Waals surface area contributed by atoms with Gasteiger partial charge in [0.05, 0.1) is 12.3 Å². The topological polar surface area (TPSA) is 92.1 Å². The van der Waals surface area contributed by atoms with Gasteiger partial charge in [0.2, 0.25) is 0 Å². The van der Waals surface area contributed by atoms with Crippen LogP contribution in [0.3, 0.4) is 0 Å². The lowest BCUT2D eigenvalue weighted by atomic mass is 9.45. The van der Waals surface area contributed by atoms with Crippen LogP contribution in [-0.2, 0) is 14.3 Å². The first-order valence-corrected chi connectivity index (χ1v) is 11.6. The van der Waals surface area contributed by atoms with Crippen molar-refractivity contribution in [3.05, 3.63) is 22.2 Å². The summed E-state index contributed by atoms with van der Waals surface area (Å²) < 4.78 is 5.36. The molecule has 4 rings (SSSR count). The van der Waals surface area contributed by atoms with E-state index >= 15 is 0 Å². The van der Waals surface area contributed by atoms with Gasteiger partial charge in [-0.2, -0.15) is 0 Å². The molecule has 0 amide bonds. The maximum atomic E-state index is 12.4. The highest BCUT2D eigenvalue weighted by Crippen LogP contribution is 2.67. The summed E-state index contributed by atoms with van der Waals surface area (Å²) in [4.78, 5) is 26.6. The van der Waals surface area contributed by atoms with Gasteiger partial charge in [0, 0.05) is 18.3 Å². The average molecular weight is 414 g/mol. The molecule has 4 aliphatic rings. The second-order valence-corrected chi connectivity index (χ2v) is 10.9. The molecule has 0 N–H and O–H groups in total. The fraction of sp³-hybridized carbons (Fsp3) is 0.833. The van der Waals surface area contributed by atoms with Crippen molar-refractivity contribution >= 4 is 11.8 Å². The standard InChI is InChI=1S/C24H35N3O3/c1-14(13-30-15(2)28)18-7-8-19-17-6-5-16-11-22(29)21(26-27-25)12-24(16,4)20(17)9-10-23(18,19)3/h12,14,16-20H,5-11,13H2,1-4H3/t14?,16-,17-,18+,19-,20-,23+,24-/m0/s1. The van der Waals surface area contributed by atoms with Crippen LogP contribution in [0.5, 0.6) is 0 Å². The van der Waals surface area contributed by atoms with E-state index in [0.29, 0.717) is 59.6 Å². The summed E-state index contributed by atoms with van der Waals surface area (Å²) in [6, 6.07) is 0. The van der Waals surface area contributed by atoms with Crippen molar-refractivity contribution in [1.82, 2.24) is 0 Å². The summed E-state index contributed by atoms with van der Waals surface area (Å²) >= 11 is 0. The maximum absolute atomic E-state index is 12.4. The van der Waals surface area contributed by atoms with Crippen molar-refractivity contribution in [2.75, 3.05) is 6.61 Å². The Morgan fingerprint density at radius 1 is 1.27 bits per heavy atom. The average Bonchev–Trinajstić information content (AvgIpc) is 3.04. The Morgan fingerprint density at radius 2 is 2.03 bits per heavy atom. The second kappa shape index (κ2) is 7.71. The van der Waals surface area contributed by atoms with E-state index in [0.717, 1.165) is 12.8 Å². The number of nitrogens with zero attached hydrogens (tertiary/aromatic N) is 3. The van der Waals surface area contributed by atoms with E-state index in [1.54, 1.807) is 0 Å². The molecular weight excluding hydrogens is 378 g/mol. The molecule has 6 nitrogen and oxygen atoms in total. The van der Waals surface area contributed by atoms with Gasteiger partial charge in [-0.05, 0) is 90.4 Å². The predicted molar refractivity (Wildman–Crippen MR) is 114 cm³/mol. The molecule has 0 spiro atoms. The summed E-state index contributed by atoms with van der Waals surface area (Å²) in [5.74, 6) is 3.06. The Morgan fingerprint density at radius 3 is 2.73 bits per heavy atom. The molecule has 6 heteroatoms. The van der Waals surface area contributed by atoms with E-state index in [9.17, 15) is 9.59 Å². The number of carbonyl (C=O) groups is 2. The Labute approximate surface area is 179 Å². The number of rotatable bonds is 4. The lowest BCUT2D eigenvalue weighted by molar-refractivity contribution is -0.144. The lowest BCUT2D eigenvalue weighted by Gasteiger charge is -2.59. The Hall–Kier alpha value is -1.81. The minimum atomic E-state index is -0.189. The van der Waals surface area contributed by atoms with E-state index in [1.165, 1.54) is 32.6 Å². The van der Waals surface area contributed by atoms with E-state index < -0.39 is 0 Å². The molecular formula is C24H35N3O3. The van der Waals surface area contributed by atoms with Crippen molar-refractivity contribution in [3.63, 3.8) is 0 Å². The van der Waals surface area contributed by atoms with Crippen LogP contribution in [0.4, 0.5) is 0 Å². The quantitative estimate of drug-likeness (QED) is 0.251. The molecule has 0 aromatic rings. The Balaban J connectivity index is 1.59. The molecule has 0 heterocycles. The molecule has 0 aromatic heterocycles. The van der Waals surface area contributed by atoms with Gasteiger partial charge in [0.25, 0.3) is 0 Å². The van der Waals surface area contributed by atoms with E-state index in [-0.39, 0.29) is 17.2 Å². The SMILES string of the molecule is CC(=O)OCC(C)[C@H]1CC[C@H]2[C@@H]3CC[C@H]4CC(=O)C(N=[N+]=[N-])=C[C@]4(C)[C@H]3CC[C@]12C. The summed E-state index contributed by atoms with van der Waals surface area (Å²) in [5, 5.41) is 3.74. The molecule has 4 aliphatic carbocycles. The number of carbonyl (C=O) groups excluding carboxylic acids is 2. The zero-order valence-electron chi connectivity index (χ0n) is 18.8. The normalized spacial score (nSPS) is 43.4. The van der Waals surface area contributed by atoms with Crippen LogP contribution in [0.25, 0.3) is 10.4 Å². The van der Waals surface area contributed by atoms with Gasteiger partial charge in [-0.3, -0.25) is 9.59 Å². The van der Waals surface area contributed by atoms with Crippen molar-refractivity contribution in [2.24, 2.45) is 51.5 Å². The number of ether oxygens (including phenoxy) is 1. The highest BCUT2D eigenvalue weighted by molar-refractivity contribution is 5.96. The monoisotopic (exact) mass is 413 g/mol. The number of allylic oxidation sites excluding steroid dienone is 2. The van der Waals surface area contributed by atoms with Gasteiger partial charge in [-0.15, -0.1) is 0 Å². The van der Waals surface area contributed by atoms with Crippen LogP contribution in [0.2, 0.25) is 0 Å². The van der Waals surface area contributed by atoms with Crippen LogP contribution in [0.1, 0.15) is 72.6 Å². The highest BCUT2D eigenvalue weighted by atomic mass is 16.5. The minimum Gasteiger partial charge on any atom is -0.466 e. The summed E-state index contributed by atoms with van der Waals surface area (Å²) in [6.45, 7) is 9.05. The molecule has 164 valence electrons. The number of Topliss-reactive ketones (excluding diaryl/α,β-unsaturated/α-hetero) is 1. The van der Waals surface area contributed by atoms with Crippen LogP contribution >= 0.6 is 0 Å². The lowest BCUT2D eigenvalue weighted by Crippen LogP contribution is -2.53. The van der Waals surface area contributed by atoms with E-state index in [4.69, 9.17) is 10.3 Å². The summed E-state index contributed by atoms with van der Waals surface area (Å²) in [6.07, 6.45) is 9.67. The molecule has 0 radical (unpaired) electrons. The third-order valence-electron chi connectivity index (χ3n) is 9.59. The van der Waals surface area contributed by atoms with Crippen molar-refractivity contribution in [2.45, 2.75) is 72.6 Å². The second-order valence-electron chi connectivity index (χ2n) is 10.9. The minimum absolute atomic E-state index is 0.00889.